The molecule has 0 unspecified atom stereocenters. The monoisotopic (exact) mass is 355 g/mol. The van der Waals surface area contributed by atoms with Crippen molar-refractivity contribution in [3.63, 3.8) is 0 Å². The second kappa shape index (κ2) is 7.77. The first-order valence-electron chi connectivity index (χ1n) is 8.33. The van der Waals surface area contributed by atoms with Crippen molar-refractivity contribution in [1.82, 2.24) is 5.43 Å². The van der Waals surface area contributed by atoms with Crippen molar-refractivity contribution in [2.24, 2.45) is 5.10 Å². The predicted molar refractivity (Wildman–Crippen MR) is 99.0 cm³/mol. The molecule has 1 heterocycles. The van der Waals surface area contributed by atoms with Gasteiger partial charge < -0.3 is 19.8 Å². The third-order valence-electron chi connectivity index (χ3n) is 4.24. The Labute approximate surface area is 151 Å². The summed E-state index contributed by atoms with van der Waals surface area (Å²) in [6, 6.07) is 10.9. The standard InChI is InChI=1S/C19H21N3O4/c1-26-17-10-13(9-16(23)19(17)25)11-20-21-18(24)12-22-8-4-6-14-5-2-3-7-15(14)22/h2-3,5,7,9-11,23,25H,4,6,8,12H2,1H3,(H,21,24)/b20-11+. The van der Waals surface area contributed by atoms with Gasteiger partial charge in [-0.1, -0.05) is 18.2 Å². The van der Waals surface area contributed by atoms with Crippen LogP contribution in [0.3, 0.4) is 0 Å². The third kappa shape index (κ3) is 3.88. The molecule has 0 spiro atoms. The van der Waals surface area contributed by atoms with E-state index in [0.29, 0.717) is 5.56 Å². The summed E-state index contributed by atoms with van der Waals surface area (Å²) in [5.41, 5.74) is 5.31. The van der Waals surface area contributed by atoms with Crippen molar-refractivity contribution < 1.29 is 19.7 Å². The summed E-state index contributed by atoms with van der Waals surface area (Å²) in [5.74, 6) is -0.755. The number of nitrogens with one attached hydrogen (secondary N) is 1. The van der Waals surface area contributed by atoms with Crippen LogP contribution in [-0.2, 0) is 11.2 Å². The number of fused-ring (bicyclic) bond motifs is 1. The first-order valence-corrected chi connectivity index (χ1v) is 8.33. The molecule has 1 aliphatic rings. The molecule has 0 bridgehead atoms. The minimum Gasteiger partial charge on any atom is -0.504 e. The van der Waals surface area contributed by atoms with E-state index in [9.17, 15) is 15.0 Å². The Morgan fingerprint density at radius 3 is 2.96 bits per heavy atom. The number of hydrogen-bond acceptors (Lipinski definition) is 6. The average molecular weight is 355 g/mol. The van der Waals surface area contributed by atoms with Gasteiger partial charge in [0.25, 0.3) is 5.91 Å². The number of aryl methyl sites for hydroxylation is 1. The first kappa shape index (κ1) is 17.6. The molecule has 3 rings (SSSR count). The number of amides is 1. The van der Waals surface area contributed by atoms with Crippen molar-refractivity contribution in [3.05, 3.63) is 47.5 Å². The molecule has 0 radical (unpaired) electrons. The number of nitrogens with zero attached hydrogens (tertiary/aromatic N) is 2. The molecule has 7 nitrogen and oxygen atoms in total. The number of aromatic hydroxyl groups is 2. The normalized spacial score (nSPS) is 13.5. The van der Waals surface area contributed by atoms with E-state index < -0.39 is 0 Å². The van der Waals surface area contributed by atoms with Crippen LogP contribution in [0.1, 0.15) is 17.5 Å². The fraction of sp³-hybridized carbons (Fsp3) is 0.263. The summed E-state index contributed by atoms with van der Waals surface area (Å²) in [7, 11) is 1.38. The lowest BCUT2D eigenvalue weighted by Gasteiger charge is -2.30. The van der Waals surface area contributed by atoms with Crippen molar-refractivity contribution >= 4 is 17.8 Å². The number of benzene rings is 2. The van der Waals surface area contributed by atoms with Gasteiger partial charge in [0.15, 0.2) is 11.5 Å². The fourth-order valence-electron chi connectivity index (χ4n) is 3.01. The number of rotatable bonds is 5. The smallest absolute Gasteiger partial charge is 0.259 e. The number of hydrazone groups is 1. The van der Waals surface area contributed by atoms with Crippen LogP contribution in [0.2, 0.25) is 0 Å². The summed E-state index contributed by atoms with van der Waals surface area (Å²) in [4.78, 5) is 14.2. The van der Waals surface area contributed by atoms with Crippen molar-refractivity contribution in [1.29, 1.82) is 0 Å². The van der Waals surface area contributed by atoms with Gasteiger partial charge in [0.1, 0.15) is 0 Å². The largest absolute Gasteiger partial charge is 0.504 e. The molecule has 7 heteroatoms. The number of hydrogen-bond donors (Lipinski definition) is 3. The van der Waals surface area contributed by atoms with Crippen LogP contribution in [-0.4, -0.2) is 42.5 Å². The van der Waals surface area contributed by atoms with Crippen molar-refractivity contribution in [3.8, 4) is 17.2 Å². The van der Waals surface area contributed by atoms with Crippen LogP contribution in [0.5, 0.6) is 17.2 Å². The van der Waals surface area contributed by atoms with Gasteiger partial charge in [-0.15, -0.1) is 0 Å². The molecular formula is C19H21N3O4. The summed E-state index contributed by atoms with van der Waals surface area (Å²) >= 11 is 0. The molecule has 0 saturated heterocycles. The number of phenols is 2. The summed E-state index contributed by atoms with van der Waals surface area (Å²) in [5, 5.41) is 23.2. The summed E-state index contributed by atoms with van der Waals surface area (Å²) < 4.78 is 4.96. The Kier molecular flexibility index (Phi) is 5.26. The molecule has 0 fully saturated rings. The van der Waals surface area contributed by atoms with E-state index in [-0.39, 0.29) is 29.7 Å². The number of carbonyl (C=O) groups is 1. The lowest BCUT2D eigenvalue weighted by Crippen LogP contribution is -2.38. The lowest BCUT2D eigenvalue weighted by molar-refractivity contribution is -0.119. The second-order valence-electron chi connectivity index (χ2n) is 6.04. The first-order chi connectivity index (χ1) is 12.6. The molecule has 2 aromatic carbocycles. The van der Waals surface area contributed by atoms with E-state index >= 15 is 0 Å². The molecule has 3 N–H and O–H groups in total. The molecule has 1 amide bonds. The number of para-hydroxylation sites is 1. The van der Waals surface area contributed by atoms with Crippen LogP contribution in [0, 0.1) is 0 Å². The van der Waals surface area contributed by atoms with E-state index in [0.717, 1.165) is 25.1 Å². The molecular weight excluding hydrogens is 334 g/mol. The Morgan fingerprint density at radius 1 is 1.35 bits per heavy atom. The zero-order chi connectivity index (χ0) is 18.5. The van der Waals surface area contributed by atoms with Gasteiger partial charge in [-0.05, 0) is 36.6 Å². The molecule has 0 saturated carbocycles. The molecule has 1 aliphatic heterocycles. The van der Waals surface area contributed by atoms with Gasteiger partial charge >= 0.3 is 0 Å². The highest BCUT2D eigenvalue weighted by molar-refractivity contribution is 5.86. The number of methoxy groups -OCH3 is 1. The SMILES string of the molecule is COc1cc(/C=N/NC(=O)CN2CCCc3ccccc32)cc(O)c1O. The van der Waals surface area contributed by atoms with E-state index in [1.54, 1.807) is 0 Å². The zero-order valence-corrected chi connectivity index (χ0v) is 14.5. The maximum absolute atomic E-state index is 12.2. The summed E-state index contributed by atoms with van der Waals surface area (Å²) in [6.07, 6.45) is 3.42. The van der Waals surface area contributed by atoms with Gasteiger partial charge in [0.2, 0.25) is 5.75 Å². The minimum absolute atomic E-state index is 0.128. The highest BCUT2D eigenvalue weighted by Crippen LogP contribution is 2.35. The number of phenolic OH excluding ortho intramolecular Hbond substituents is 2. The number of ether oxygens (including phenoxy) is 1. The highest BCUT2D eigenvalue weighted by Gasteiger charge is 2.18. The molecule has 0 aliphatic carbocycles. The fourth-order valence-corrected chi connectivity index (χ4v) is 3.01. The molecule has 0 aromatic heterocycles. The third-order valence-corrected chi connectivity index (χ3v) is 4.24. The van der Waals surface area contributed by atoms with E-state index in [1.165, 1.54) is 31.0 Å². The highest BCUT2D eigenvalue weighted by atomic mass is 16.5. The molecule has 0 atom stereocenters. The molecule has 26 heavy (non-hydrogen) atoms. The average Bonchev–Trinajstić information content (AvgIpc) is 2.64. The van der Waals surface area contributed by atoms with Gasteiger partial charge in [0.05, 0.1) is 19.9 Å². The summed E-state index contributed by atoms with van der Waals surface area (Å²) in [6.45, 7) is 1.05. The van der Waals surface area contributed by atoms with Crippen LogP contribution >= 0.6 is 0 Å². The van der Waals surface area contributed by atoms with Crippen LogP contribution in [0.25, 0.3) is 0 Å². The topological polar surface area (TPSA) is 94.4 Å². The molecule has 2 aromatic rings. The van der Waals surface area contributed by atoms with Crippen LogP contribution in [0.4, 0.5) is 5.69 Å². The Hall–Kier alpha value is -3.22. The van der Waals surface area contributed by atoms with Gasteiger partial charge in [0, 0.05) is 17.8 Å². The van der Waals surface area contributed by atoms with Gasteiger partial charge in [-0.25, -0.2) is 5.43 Å². The van der Waals surface area contributed by atoms with E-state index in [4.69, 9.17) is 4.74 Å². The Morgan fingerprint density at radius 2 is 2.15 bits per heavy atom. The Balaban J connectivity index is 1.62. The van der Waals surface area contributed by atoms with Crippen LogP contribution < -0.4 is 15.1 Å². The molecule has 136 valence electrons. The van der Waals surface area contributed by atoms with E-state index in [1.807, 2.05) is 23.1 Å². The number of carbonyl (C=O) groups excluding carboxylic acids is 1. The number of anilines is 1. The maximum Gasteiger partial charge on any atom is 0.259 e. The Bertz CT molecular complexity index is 836. The maximum atomic E-state index is 12.2. The van der Waals surface area contributed by atoms with E-state index in [2.05, 4.69) is 16.6 Å². The van der Waals surface area contributed by atoms with Crippen molar-refractivity contribution in [2.75, 3.05) is 25.1 Å². The predicted octanol–water partition coefficient (Wildman–Crippen LogP) is 2.01. The van der Waals surface area contributed by atoms with Crippen LogP contribution in [0.15, 0.2) is 41.5 Å². The van der Waals surface area contributed by atoms with Crippen molar-refractivity contribution in [2.45, 2.75) is 12.8 Å². The second-order valence-corrected chi connectivity index (χ2v) is 6.04. The minimum atomic E-state index is -0.336. The quantitative estimate of drug-likeness (QED) is 0.433. The van der Waals surface area contributed by atoms with Gasteiger partial charge in [-0.2, -0.15) is 5.10 Å². The zero-order valence-electron chi connectivity index (χ0n) is 14.5. The lowest BCUT2D eigenvalue weighted by atomic mass is 10.0. The van der Waals surface area contributed by atoms with Gasteiger partial charge in [-0.3, -0.25) is 4.79 Å².